The highest BCUT2D eigenvalue weighted by Crippen LogP contribution is 2.31. The zero-order valence-electron chi connectivity index (χ0n) is 5.89. The fourth-order valence-corrected chi connectivity index (χ4v) is 1.42. The summed E-state index contributed by atoms with van der Waals surface area (Å²) in [4.78, 5) is 3.63. The Morgan fingerprint density at radius 1 is 1.42 bits per heavy atom. The topological polar surface area (TPSA) is 64.9 Å². The van der Waals surface area contributed by atoms with E-state index in [0.717, 1.165) is 0 Å². The first kappa shape index (κ1) is 9.43. The van der Waals surface area contributed by atoms with Gasteiger partial charge in [-0.05, 0) is 22.6 Å². The van der Waals surface area contributed by atoms with Crippen LogP contribution >= 0.6 is 22.6 Å². The van der Waals surface area contributed by atoms with Crippen LogP contribution in [0.4, 0.5) is 20.3 Å². The Morgan fingerprint density at radius 3 is 2.42 bits per heavy atom. The van der Waals surface area contributed by atoms with Gasteiger partial charge in [-0.2, -0.15) is 0 Å². The predicted octanol–water partition coefficient (Wildman–Crippen LogP) is 1.79. The van der Waals surface area contributed by atoms with Crippen LogP contribution < -0.4 is 11.5 Å². The van der Waals surface area contributed by atoms with Crippen molar-refractivity contribution in [3.8, 4) is 0 Å². The van der Waals surface area contributed by atoms with Crippen molar-refractivity contribution in [2.45, 2.75) is 6.43 Å². The van der Waals surface area contributed by atoms with Gasteiger partial charge < -0.3 is 11.5 Å². The minimum atomic E-state index is -2.61. The smallest absolute Gasteiger partial charge is 0.267 e. The maximum Gasteiger partial charge on any atom is 0.267 e. The lowest BCUT2D eigenvalue weighted by Crippen LogP contribution is -2.04. The SMILES string of the molecule is Nc1ncc(I)c(C(F)F)c1N. The molecule has 3 nitrogen and oxygen atoms in total. The summed E-state index contributed by atoms with van der Waals surface area (Å²) in [5.41, 5.74) is 10.2. The standard InChI is InChI=1S/C6H6F2IN3/c7-5(8)3-2(9)1-12-6(11)4(3)10/h1,5H,10H2,(H2,11,12). The van der Waals surface area contributed by atoms with Gasteiger partial charge in [0.15, 0.2) is 0 Å². The molecule has 1 rings (SSSR count). The number of nitrogens with zero attached hydrogens (tertiary/aromatic N) is 1. The molecule has 0 unspecified atom stereocenters. The molecule has 0 radical (unpaired) electrons. The number of nitrogen functional groups attached to an aromatic ring is 2. The van der Waals surface area contributed by atoms with E-state index in [1.54, 1.807) is 22.6 Å². The number of alkyl halides is 2. The largest absolute Gasteiger partial charge is 0.395 e. The molecule has 0 atom stereocenters. The normalized spacial score (nSPS) is 10.7. The van der Waals surface area contributed by atoms with Crippen LogP contribution in [0, 0.1) is 3.57 Å². The van der Waals surface area contributed by atoms with Crippen LogP contribution in [0.15, 0.2) is 6.20 Å². The fraction of sp³-hybridized carbons (Fsp3) is 0.167. The summed E-state index contributed by atoms with van der Waals surface area (Å²) in [7, 11) is 0. The fourth-order valence-electron chi connectivity index (χ4n) is 0.754. The molecule has 0 bridgehead atoms. The minimum absolute atomic E-state index is 0.0503. The lowest BCUT2D eigenvalue weighted by molar-refractivity contribution is 0.151. The van der Waals surface area contributed by atoms with E-state index in [2.05, 4.69) is 4.98 Å². The second-order valence-corrected chi connectivity index (χ2v) is 3.28. The number of halogens is 3. The molecule has 1 aromatic rings. The molecular formula is C6H6F2IN3. The number of rotatable bonds is 1. The molecular weight excluding hydrogens is 279 g/mol. The number of aromatic nitrogens is 1. The van der Waals surface area contributed by atoms with Gasteiger partial charge in [-0.15, -0.1) is 0 Å². The van der Waals surface area contributed by atoms with Gasteiger partial charge in [-0.25, -0.2) is 13.8 Å². The van der Waals surface area contributed by atoms with Gasteiger partial charge in [0.25, 0.3) is 6.43 Å². The van der Waals surface area contributed by atoms with Crippen molar-refractivity contribution >= 4 is 34.1 Å². The molecule has 0 aliphatic rings. The third kappa shape index (κ3) is 1.57. The number of hydrogen-bond donors (Lipinski definition) is 2. The van der Waals surface area contributed by atoms with Gasteiger partial charge in [0.1, 0.15) is 5.82 Å². The highest BCUT2D eigenvalue weighted by molar-refractivity contribution is 14.1. The molecule has 0 saturated carbocycles. The van der Waals surface area contributed by atoms with Gasteiger partial charge in [0, 0.05) is 9.77 Å². The molecule has 0 spiro atoms. The number of hydrogen-bond acceptors (Lipinski definition) is 3. The molecule has 0 aliphatic heterocycles. The molecule has 4 N–H and O–H groups in total. The van der Waals surface area contributed by atoms with Crippen molar-refractivity contribution in [1.29, 1.82) is 0 Å². The Kier molecular flexibility index (Phi) is 2.65. The van der Waals surface area contributed by atoms with E-state index in [0.29, 0.717) is 3.57 Å². The maximum atomic E-state index is 12.3. The minimum Gasteiger partial charge on any atom is -0.395 e. The number of nitrogens with two attached hydrogens (primary N) is 2. The van der Waals surface area contributed by atoms with Crippen molar-refractivity contribution in [3.05, 3.63) is 15.3 Å². The van der Waals surface area contributed by atoms with Gasteiger partial charge in [-0.3, -0.25) is 0 Å². The predicted molar refractivity (Wildman–Crippen MR) is 50.7 cm³/mol. The maximum absolute atomic E-state index is 12.3. The zero-order chi connectivity index (χ0) is 9.30. The summed E-state index contributed by atoms with van der Waals surface area (Å²) in [5.74, 6) is -0.0503. The summed E-state index contributed by atoms with van der Waals surface area (Å²) >= 11 is 1.74. The molecule has 0 fully saturated rings. The average molecular weight is 285 g/mol. The molecule has 0 amide bonds. The first-order chi connectivity index (χ1) is 5.54. The highest BCUT2D eigenvalue weighted by Gasteiger charge is 2.17. The quantitative estimate of drug-likeness (QED) is 0.773. The monoisotopic (exact) mass is 285 g/mol. The molecule has 0 saturated heterocycles. The highest BCUT2D eigenvalue weighted by atomic mass is 127. The van der Waals surface area contributed by atoms with Crippen LogP contribution in [0.5, 0.6) is 0 Å². The van der Waals surface area contributed by atoms with Crippen molar-refractivity contribution in [2.75, 3.05) is 11.5 Å². The second-order valence-electron chi connectivity index (χ2n) is 2.12. The van der Waals surface area contributed by atoms with Gasteiger partial charge in [0.05, 0.1) is 11.3 Å². The van der Waals surface area contributed by atoms with E-state index in [9.17, 15) is 8.78 Å². The molecule has 1 aromatic heterocycles. The van der Waals surface area contributed by atoms with Crippen LogP contribution in [0.2, 0.25) is 0 Å². The Bertz CT molecular complexity index is 303. The molecule has 6 heteroatoms. The van der Waals surface area contributed by atoms with Crippen LogP contribution in [0.3, 0.4) is 0 Å². The van der Waals surface area contributed by atoms with Crippen molar-refractivity contribution in [3.63, 3.8) is 0 Å². The summed E-state index contributed by atoms with van der Waals surface area (Å²) in [6.07, 6.45) is -1.34. The molecule has 0 aliphatic carbocycles. The van der Waals surface area contributed by atoms with Crippen molar-refractivity contribution < 1.29 is 8.78 Å². The molecule has 12 heavy (non-hydrogen) atoms. The third-order valence-electron chi connectivity index (χ3n) is 1.36. The second kappa shape index (κ2) is 3.38. The summed E-state index contributed by atoms with van der Waals surface area (Å²) in [6.45, 7) is 0. The Balaban J connectivity index is 3.33. The van der Waals surface area contributed by atoms with E-state index < -0.39 is 6.43 Å². The number of anilines is 2. The van der Waals surface area contributed by atoms with E-state index in [1.807, 2.05) is 0 Å². The molecule has 0 aromatic carbocycles. The first-order valence-corrected chi connectivity index (χ1v) is 4.09. The lowest BCUT2D eigenvalue weighted by atomic mass is 10.2. The number of pyridine rings is 1. The lowest BCUT2D eigenvalue weighted by Gasteiger charge is -2.07. The first-order valence-electron chi connectivity index (χ1n) is 3.01. The van der Waals surface area contributed by atoms with Gasteiger partial charge in [0.2, 0.25) is 0 Å². The Hall–Kier alpha value is -0.660. The Labute approximate surface area is 81.3 Å². The Morgan fingerprint density at radius 2 is 2.00 bits per heavy atom. The third-order valence-corrected chi connectivity index (χ3v) is 2.22. The van der Waals surface area contributed by atoms with Crippen LogP contribution in [0.1, 0.15) is 12.0 Å². The van der Waals surface area contributed by atoms with E-state index in [-0.39, 0.29) is 17.1 Å². The van der Waals surface area contributed by atoms with Crippen LogP contribution in [-0.4, -0.2) is 4.98 Å². The van der Waals surface area contributed by atoms with E-state index in [1.165, 1.54) is 6.20 Å². The van der Waals surface area contributed by atoms with E-state index >= 15 is 0 Å². The van der Waals surface area contributed by atoms with Crippen molar-refractivity contribution in [2.24, 2.45) is 0 Å². The van der Waals surface area contributed by atoms with Gasteiger partial charge >= 0.3 is 0 Å². The van der Waals surface area contributed by atoms with Gasteiger partial charge in [-0.1, -0.05) is 0 Å². The molecule has 66 valence electrons. The molecule has 1 heterocycles. The summed E-state index contributed by atoms with van der Waals surface area (Å²) in [6, 6.07) is 0. The summed E-state index contributed by atoms with van der Waals surface area (Å²) in [5, 5.41) is 0. The zero-order valence-corrected chi connectivity index (χ0v) is 8.05. The van der Waals surface area contributed by atoms with Crippen LogP contribution in [-0.2, 0) is 0 Å². The summed E-state index contributed by atoms with van der Waals surface area (Å²) < 4.78 is 24.9. The van der Waals surface area contributed by atoms with Crippen LogP contribution in [0.25, 0.3) is 0 Å². The van der Waals surface area contributed by atoms with Crippen molar-refractivity contribution in [1.82, 2.24) is 4.98 Å². The van der Waals surface area contributed by atoms with E-state index in [4.69, 9.17) is 11.5 Å². The average Bonchev–Trinajstić information content (AvgIpc) is 1.97.